The van der Waals surface area contributed by atoms with Crippen LogP contribution in [0, 0.1) is 11.3 Å². The second-order valence-corrected chi connectivity index (χ2v) is 6.97. The van der Waals surface area contributed by atoms with Gasteiger partial charge in [-0.3, -0.25) is 4.79 Å². The SMILES string of the molecule is CCC1CCC(C)N1C(=O)C(C)(C)C1CCCNC1. The number of carbonyl (C=O) groups excluding carboxylic acids is 1. The lowest BCUT2D eigenvalue weighted by Crippen LogP contribution is -2.52. The van der Waals surface area contributed by atoms with E-state index < -0.39 is 0 Å². The van der Waals surface area contributed by atoms with Crippen molar-refractivity contribution >= 4 is 5.91 Å². The summed E-state index contributed by atoms with van der Waals surface area (Å²) in [6, 6.07) is 0.895. The van der Waals surface area contributed by atoms with E-state index >= 15 is 0 Å². The van der Waals surface area contributed by atoms with Gasteiger partial charge in [0.05, 0.1) is 0 Å². The Hall–Kier alpha value is -0.570. The van der Waals surface area contributed by atoms with Gasteiger partial charge in [0.15, 0.2) is 0 Å². The third kappa shape index (κ3) is 2.81. The molecule has 2 aliphatic rings. The Bertz CT molecular complexity index is 321. The largest absolute Gasteiger partial charge is 0.337 e. The first-order valence-corrected chi connectivity index (χ1v) is 8.02. The van der Waals surface area contributed by atoms with Crippen LogP contribution in [0.15, 0.2) is 0 Å². The van der Waals surface area contributed by atoms with Crippen LogP contribution in [0.1, 0.15) is 59.8 Å². The molecule has 2 aliphatic heterocycles. The van der Waals surface area contributed by atoms with Crippen LogP contribution in [0.25, 0.3) is 0 Å². The lowest BCUT2D eigenvalue weighted by Gasteiger charge is -2.41. The second-order valence-electron chi connectivity index (χ2n) is 6.97. The number of piperidine rings is 1. The second kappa shape index (κ2) is 5.82. The summed E-state index contributed by atoms with van der Waals surface area (Å²) >= 11 is 0. The Balaban J connectivity index is 2.12. The molecule has 2 saturated heterocycles. The van der Waals surface area contributed by atoms with E-state index in [0.29, 0.717) is 23.9 Å². The third-order valence-corrected chi connectivity index (χ3v) is 5.36. The Kier molecular flexibility index (Phi) is 4.54. The summed E-state index contributed by atoms with van der Waals surface area (Å²) in [6.07, 6.45) is 5.83. The van der Waals surface area contributed by atoms with Crippen molar-refractivity contribution in [2.24, 2.45) is 11.3 Å². The Morgan fingerprint density at radius 1 is 1.32 bits per heavy atom. The van der Waals surface area contributed by atoms with Gasteiger partial charge in [-0.25, -0.2) is 0 Å². The molecule has 3 nitrogen and oxygen atoms in total. The maximum Gasteiger partial charge on any atom is 0.229 e. The van der Waals surface area contributed by atoms with Crippen LogP contribution in [0.3, 0.4) is 0 Å². The summed E-state index contributed by atoms with van der Waals surface area (Å²) in [7, 11) is 0. The van der Waals surface area contributed by atoms with Crippen molar-refractivity contribution in [3.8, 4) is 0 Å². The van der Waals surface area contributed by atoms with Crippen molar-refractivity contribution in [2.75, 3.05) is 13.1 Å². The molecule has 3 heteroatoms. The van der Waals surface area contributed by atoms with Gasteiger partial charge in [-0.05, 0) is 58.0 Å². The molecule has 110 valence electrons. The van der Waals surface area contributed by atoms with E-state index in [0.717, 1.165) is 19.5 Å². The molecule has 0 saturated carbocycles. The van der Waals surface area contributed by atoms with Gasteiger partial charge in [0.25, 0.3) is 0 Å². The van der Waals surface area contributed by atoms with Gasteiger partial charge in [-0.15, -0.1) is 0 Å². The van der Waals surface area contributed by atoms with E-state index in [1.165, 1.54) is 25.7 Å². The normalized spacial score (nSPS) is 32.6. The maximum absolute atomic E-state index is 13.0. The Labute approximate surface area is 118 Å². The minimum Gasteiger partial charge on any atom is -0.337 e. The third-order valence-electron chi connectivity index (χ3n) is 5.36. The van der Waals surface area contributed by atoms with Gasteiger partial charge in [-0.2, -0.15) is 0 Å². The lowest BCUT2D eigenvalue weighted by atomic mass is 9.73. The molecule has 1 N–H and O–H groups in total. The summed E-state index contributed by atoms with van der Waals surface area (Å²) < 4.78 is 0. The van der Waals surface area contributed by atoms with Gasteiger partial charge in [0.1, 0.15) is 0 Å². The smallest absolute Gasteiger partial charge is 0.229 e. The van der Waals surface area contributed by atoms with E-state index in [2.05, 4.69) is 37.9 Å². The molecule has 2 fully saturated rings. The zero-order chi connectivity index (χ0) is 14.0. The molecule has 0 bridgehead atoms. The minimum atomic E-state index is -0.223. The van der Waals surface area contributed by atoms with Gasteiger partial charge in [0, 0.05) is 17.5 Å². The van der Waals surface area contributed by atoms with Gasteiger partial charge in [-0.1, -0.05) is 20.8 Å². The molecule has 0 aromatic carbocycles. The van der Waals surface area contributed by atoms with E-state index in [4.69, 9.17) is 0 Å². The van der Waals surface area contributed by atoms with Crippen molar-refractivity contribution in [3.05, 3.63) is 0 Å². The number of likely N-dealkylation sites (tertiary alicyclic amines) is 1. The molecule has 0 aliphatic carbocycles. The van der Waals surface area contributed by atoms with Crippen LogP contribution in [-0.2, 0) is 4.79 Å². The topological polar surface area (TPSA) is 32.3 Å². The molecule has 0 aromatic heterocycles. The number of amides is 1. The fraction of sp³-hybridized carbons (Fsp3) is 0.938. The van der Waals surface area contributed by atoms with Crippen molar-refractivity contribution in [1.29, 1.82) is 0 Å². The molecular weight excluding hydrogens is 236 g/mol. The predicted octanol–water partition coefficient (Wildman–Crippen LogP) is 2.80. The Morgan fingerprint density at radius 2 is 2.05 bits per heavy atom. The van der Waals surface area contributed by atoms with Crippen molar-refractivity contribution in [3.63, 3.8) is 0 Å². The number of nitrogens with zero attached hydrogens (tertiary/aromatic N) is 1. The molecule has 19 heavy (non-hydrogen) atoms. The number of carbonyl (C=O) groups is 1. The summed E-state index contributed by atoms with van der Waals surface area (Å²) in [5.74, 6) is 0.872. The number of hydrogen-bond donors (Lipinski definition) is 1. The van der Waals surface area contributed by atoms with Crippen LogP contribution in [-0.4, -0.2) is 36.0 Å². The van der Waals surface area contributed by atoms with Crippen LogP contribution in [0.2, 0.25) is 0 Å². The Morgan fingerprint density at radius 3 is 2.63 bits per heavy atom. The first kappa shape index (κ1) is 14.8. The monoisotopic (exact) mass is 266 g/mol. The highest BCUT2D eigenvalue weighted by Gasteiger charge is 2.44. The van der Waals surface area contributed by atoms with E-state index in [9.17, 15) is 4.79 Å². The highest BCUT2D eigenvalue weighted by molar-refractivity contribution is 5.83. The average molecular weight is 266 g/mol. The molecule has 0 aromatic rings. The van der Waals surface area contributed by atoms with Gasteiger partial charge < -0.3 is 10.2 Å². The molecule has 1 amide bonds. The molecule has 0 spiro atoms. The molecular formula is C16H30N2O. The summed E-state index contributed by atoms with van der Waals surface area (Å²) in [5.41, 5.74) is -0.223. The van der Waals surface area contributed by atoms with Crippen LogP contribution in [0.5, 0.6) is 0 Å². The van der Waals surface area contributed by atoms with Crippen molar-refractivity contribution in [2.45, 2.75) is 71.9 Å². The van der Waals surface area contributed by atoms with Crippen LogP contribution >= 0.6 is 0 Å². The van der Waals surface area contributed by atoms with Gasteiger partial charge in [0.2, 0.25) is 5.91 Å². The van der Waals surface area contributed by atoms with Crippen molar-refractivity contribution < 1.29 is 4.79 Å². The molecule has 2 rings (SSSR count). The summed E-state index contributed by atoms with van der Waals surface area (Å²) in [5, 5.41) is 3.45. The number of rotatable bonds is 3. The van der Waals surface area contributed by atoms with E-state index in [1.807, 2.05) is 0 Å². The zero-order valence-corrected chi connectivity index (χ0v) is 13.0. The molecule has 3 atom stereocenters. The standard InChI is InChI=1S/C16H30N2O/c1-5-14-9-8-12(2)18(14)15(19)16(3,4)13-7-6-10-17-11-13/h12-14,17H,5-11H2,1-4H3. The fourth-order valence-corrected chi connectivity index (χ4v) is 3.81. The highest BCUT2D eigenvalue weighted by atomic mass is 16.2. The summed E-state index contributed by atoms with van der Waals surface area (Å²) in [4.78, 5) is 15.2. The lowest BCUT2D eigenvalue weighted by molar-refractivity contribution is -0.146. The quantitative estimate of drug-likeness (QED) is 0.852. The molecule has 2 heterocycles. The van der Waals surface area contributed by atoms with Crippen LogP contribution < -0.4 is 5.32 Å². The summed E-state index contributed by atoms with van der Waals surface area (Å²) in [6.45, 7) is 10.8. The fourth-order valence-electron chi connectivity index (χ4n) is 3.81. The highest BCUT2D eigenvalue weighted by Crippen LogP contribution is 2.38. The van der Waals surface area contributed by atoms with Gasteiger partial charge >= 0.3 is 0 Å². The van der Waals surface area contributed by atoms with Crippen LogP contribution in [0.4, 0.5) is 0 Å². The number of nitrogens with one attached hydrogen (secondary N) is 1. The van der Waals surface area contributed by atoms with E-state index in [1.54, 1.807) is 0 Å². The molecule has 0 radical (unpaired) electrons. The first-order chi connectivity index (χ1) is 8.98. The predicted molar refractivity (Wildman–Crippen MR) is 79.0 cm³/mol. The zero-order valence-electron chi connectivity index (χ0n) is 13.0. The average Bonchev–Trinajstić information content (AvgIpc) is 2.79. The first-order valence-electron chi connectivity index (χ1n) is 8.02. The van der Waals surface area contributed by atoms with Crippen molar-refractivity contribution in [1.82, 2.24) is 10.2 Å². The molecule has 3 unspecified atom stereocenters. The van der Waals surface area contributed by atoms with E-state index in [-0.39, 0.29) is 5.41 Å². The maximum atomic E-state index is 13.0. The minimum absolute atomic E-state index is 0.223. The number of hydrogen-bond acceptors (Lipinski definition) is 2.